The van der Waals surface area contributed by atoms with Gasteiger partial charge < -0.3 is 4.90 Å². The summed E-state index contributed by atoms with van der Waals surface area (Å²) < 4.78 is 65.8. The van der Waals surface area contributed by atoms with Gasteiger partial charge in [-0.1, -0.05) is 11.3 Å². The van der Waals surface area contributed by atoms with Gasteiger partial charge in [0.1, 0.15) is 17.2 Å². The fourth-order valence-corrected chi connectivity index (χ4v) is 5.08. The van der Waals surface area contributed by atoms with Crippen molar-refractivity contribution in [2.45, 2.75) is 11.3 Å². The number of carbonyl (C=O) groups excluding carboxylic acids is 1. The molecular weight excluding hydrogens is 487 g/mol. The van der Waals surface area contributed by atoms with Crippen LogP contribution in [0.5, 0.6) is 0 Å². The van der Waals surface area contributed by atoms with Gasteiger partial charge in [-0.3, -0.25) is 9.69 Å². The Balaban J connectivity index is 0.00000363. The smallest absolute Gasteiger partial charge is 0.229 e. The number of amides is 1. The average molecular weight is 508 g/mol. The van der Waals surface area contributed by atoms with E-state index in [2.05, 4.69) is 4.98 Å². The highest BCUT2D eigenvalue weighted by Gasteiger charge is 2.24. The minimum absolute atomic E-state index is 0. The van der Waals surface area contributed by atoms with Gasteiger partial charge in [0.15, 0.2) is 20.8 Å². The van der Waals surface area contributed by atoms with Gasteiger partial charge in [-0.25, -0.2) is 26.6 Å². The Morgan fingerprint density at radius 2 is 1.69 bits per heavy atom. The SMILES string of the molecule is CN(C)CCN(C(=O)CCS(=O)(=O)c1ccc(F)cc1)c1nc2c(F)cc(F)cc2s1.Cl. The summed E-state index contributed by atoms with van der Waals surface area (Å²) >= 11 is 0.949. The number of likely N-dealkylation sites (N-methyl/N-ethyl adjacent to an activating group) is 1. The van der Waals surface area contributed by atoms with E-state index in [1.165, 1.54) is 4.90 Å². The van der Waals surface area contributed by atoms with Crippen LogP contribution in [-0.4, -0.2) is 57.1 Å². The molecule has 2 aromatic carbocycles. The molecule has 3 aromatic rings. The molecule has 1 heterocycles. The van der Waals surface area contributed by atoms with Crippen LogP contribution >= 0.6 is 23.7 Å². The van der Waals surface area contributed by atoms with Gasteiger partial charge in [-0.15, -0.1) is 12.4 Å². The van der Waals surface area contributed by atoms with Crippen molar-refractivity contribution in [3.63, 3.8) is 0 Å². The fourth-order valence-electron chi connectivity index (χ4n) is 2.80. The van der Waals surface area contributed by atoms with E-state index in [0.717, 1.165) is 41.7 Å². The zero-order chi connectivity index (χ0) is 22.8. The minimum atomic E-state index is -3.81. The lowest BCUT2D eigenvalue weighted by atomic mass is 10.3. The van der Waals surface area contributed by atoms with Gasteiger partial charge in [-0.05, 0) is 44.4 Å². The Morgan fingerprint density at radius 3 is 2.31 bits per heavy atom. The number of aromatic nitrogens is 1. The molecule has 32 heavy (non-hydrogen) atoms. The number of thiazole rings is 1. The van der Waals surface area contributed by atoms with Crippen LogP contribution in [0.25, 0.3) is 10.2 Å². The molecule has 12 heteroatoms. The molecule has 0 radical (unpaired) electrons. The third-order valence-electron chi connectivity index (χ3n) is 4.46. The Labute approximate surface area is 194 Å². The summed E-state index contributed by atoms with van der Waals surface area (Å²) in [5, 5.41) is 0.158. The second-order valence-corrected chi connectivity index (χ2v) is 10.2. The monoisotopic (exact) mass is 507 g/mol. The Morgan fingerprint density at radius 1 is 1.03 bits per heavy atom. The predicted octanol–water partition coefficient (Wildman–Crippen LogP) is 3.89. The number of hydrogen-bond donors (Lipinski definition) is 0. The first-order chi connectivity index (χ1) is 14.6. The summed E-state index contributed by atoms with van der Waals surface area (Å²) in [6.45, 7) is 0.634. The zero-order valence-electron chi connectivity index (χ0n) is 17.2. The number of rotatable bonds is 8. The van der Waals surface area contributed by atoms with Crippen molar-refractivity contribution < 1.29 is 26.4 Å². The number of carbonyl (C=O) groups is 1. The largest absolute Gasteiger partial charge is 0.308 e. The van der Waals surface area contributed by atoms with E-state index in [1.54, 1.807) is 14.1 Å². The van der Waals surface area contributed by atoms with Gasteiger partial charge in [0.25, 0.3) is 0 Å². The number of halogens is 4. The first-order valence-electron chi connectivity index (χ1n) is 9.26. The van der Waals surface area contributed by atoms with Gasteiger partial charge in [0.05, 0.1) is 15.3 Å². The fraction of sp³-hybridized carbons (Fsp3) is 0.300. The molecule has 0 N–H and O–H groups in total. The van der Waals surface area contributed by atoms with Crippen LogP contribution in [0.1, 0.15) is 6.42 Å². The number of fused-ring (bicyclic) bond motifs is 1. The molecule has 0 spiro atoms. The average Bonchev–Trinajstić information content (AvgIpc) is 3.10. The molecule has 0 aliphatic carbocycles. The number of anilines is 1. The van der Waals surface area contributed by atoms with Crippen molar-refractivity contribution in [3.05, 3.63) is 53.8 Å². The number of benzene rings is 2. The molecule has 174 valence electrons. The summed E-state index contributed by atoms with van der Waals surface area (Å²) in [6.07, 6.45) is -0.347. The van der Waals surface area contributed by atoms with Crippen LogP contribution in [-0.2, 0) is 14.6 Å². The molecule has 0 bridgehead atoms. The van der Waals surface area contributed by atoms with E-state index in [1.807, 2.05) is 4.90 Å². The van der Waals surface area contributed by atoms with Gasteiger partial charge in [-0.2, -0.15) is 0 Å². The molecule has 0 fully saturated rings. The van der Waals surface area contributed by atoms with E-state index in [0.29, 0.717) is 12.6 Å². The van der Waals surface area contributed by atoms with E-state index in [4.69, 9.17) is 0 Å². The third kappa shape index (κ3) is 6.18. The second-order valence-electron chi connectivity index (χ2n) is 7.10. The van der Waals surface area contributed by atoms with Crippen molar-refractivity contribution in [1.29, 1.82) is 0 Å². The summed E-state index contributed by atoms with van der Waals surface area (Å²) in [7, 11) is -0.206. The normalized spacial score (nSPS) is 11.6. The van der Waals surface area contributed by atoms with Crippen LogP contribution < -0.4 is 4.90 Å². The number of nitrogens with zero attached hydrogens (tertiary/aromatic N) is 3. The minimum Gasteiger partial charge on any atom is -0.308 e. The van der Waals surface area contributed by atoms with Gasteiger partial charge in [0, 0.05) is 25.6 Å². The van der Waals surface area contributed by atoms with Crippen LogP contribution in [0.15, 0.2) is 41.3 Å². The summed E-state index contributed by atoms with van der Waals surface area (Å²) in [6, 6.07) is 6.20. The lowest BCUT2D eigenvalue weighted by Gasteiger charge is -2.22. The molecule has 0 aliphatic rings. The predicted molar refractivity (Wildman–Crippen MR) is 121 cm³/mol. The Kier molecular flexibility index (Phi) is 8.63. The summed E-state index contributed by atoms with van der Waals surface area (Å²) in [4.78, 5) is 20.1. The van der Waals surface area contributed by atoms with E-state index in [-0.39, 0.29) is 45.6 Å². The van der Waals surface area contributed by atoms with Crippen LogP contribution in [0.4, 0.5) is 18.3 Å². The van der Waals surface area contributed by atoms with E-state index < -0.39 is 38.9 Å². The highest BCUT2D eigenvalue weighted by atomic mass is 35.5. The first-order valence-corrected chi connectivity index (χ1v) is 11.7. The van der Waals surface area contributed by atoms with Gasteiger partial charge in [0.2, 0.25) is 5.91 Å². The molecule has 6 nitrogen and oxygen atoms in total. The Hall–Kier alpha value is -2.21. The van der Waals surface area contributed by atoms with E-state index >= 15 is 0 Å². The summed E-state index contributed by atoms with van der Waals surface area (Å²) in [5.41, 5.74) is -0.0528. The van der Waals surface area contributed by atoms with Crippen molar-refractivity contribution in [1.82, 2.24) is 9.88 Å². The standard InChI is InChI=1S/C20H20F3N3O3S2.ClH/c1-25(2)8-9-26(20-24-19-16(23)11-14(22)12-17(19)30-20)18(27)7-10-31(28,29)15-5-3-13(21)4-6-15;/h3-6,11-12H,7-10H2,1-2H3;1H. The topological polar surface area (TPSA) is 70.6 Å². The van der Waals surface area contributed by atoms with Crippen molar-refractivity contribution >= 4 is 54.8 Å². The zero-order valence-corrected chi connectivity index (χ0v) is 19.7. The van der Waals surface area contributed by atoms with Crippen molar-refractivity contribution in [2.75, 3.05) is 37.8 Å². The van der Waals surface area contributed by atoms with Crippen LogP contribution in [0, 0.1) is 17.5 Å². The highest BCUT2D eigenvalue weighted by molar-refractivity contribution is 7.91. The maximum atomic E-state index is 14.0. The van der Waals surface area contributed by atoms with Crippen molar-refractivity contribution in [3.8, 4) is 0 Å². The maximum absolute atomic E-state index is 14.0. The molecule has 3 rings (SSSR count). The Bertz CT molecular complexity index is 1200. The molecule has 1 amide bonds. The molecule has 0 unspecified atom stereocenters. The molecule has 0 aliphatic heterocycles. The molecule has 0 saturated heterocycles. The maximum Gasteiger partial charge on any atom is 0.229 e. The molecule has 0 atom stereocenters. The molecule has 0 saturated carbocycles. The van der Waals surface area contributed by atoms with Crippen LogP contribution in [0.2, 0.25) is 0 Å². The van der Waals surface area contributed by atoms with E-state index in [9.17, 15) is 26.4 Å². The molecular formula is C20H21ClF3N3O3S2. The van der Waals surface area contributed by atoms with Crippen molar-refractivity contribution in [2.24, 2.45) is 0 Å². The van der Waals surface area contributed by atoms with Crippen LogP contribution in [0.3, 0.4) is 0 Å². The quantitative estimate of drug-likeness (QED) is 0.433. The van der Waals surface area contributed by atoms with Gasteiger partial charge >= 0.3 is 0 Å². The lowest BCUT2D eigenvalue weighted by Crippen LogP contribution is -2.37. The third-order valence-corrected chi connectivity index (χ3v) is 7.22. The number of hydrogen-bond acceptors (Lipinski definition) is 6. The number of sulfone groups is 1. The molecule has 1 aromatic heterocycles. The second kappa shape index (κ2) is 10.6. The first kappa shape index (κ1) is 26.0. The lowest BCUT2D eigenvalue weighted by molar-refractivity contribution is -0.118. The highest BCUT2D eigenvalue weighted by Crippen LogP contribution is 2.31. The summed E-state index contributed by atoms with van der Waals surface area (Å²) in [5.74, 6) is -3.16.